The molecule has 18 heavy (non-hydrogen) atoms. The number of nitrogens with one attached hydrogen (secondary N) is 2. The standard InChI is InChI=1S/C12H18N2O4/c1-8(2)5-10(11(15)16)14-12(17)13-6-9-3-4-18-7-9/h3-4,7-8,10H,5-6H2,1-2H3,(H,15,16)(H2,13,14,17)/t10-/m0/s1. The molecule has 0 fully saturated rings. The molecule has 0 aliphatic heterocycles. The normalized spacial score (nSPS) is 12.2. The largest absolute Gasteiger partial charge is 0.480 e. The van der Waals surface area contributed by atoms with Crippen molar-refractivity contribution in [1.82, 2.24) is 10.6 Å². The molecule has 1 heterocycles. The molecule has 1 atom stereocenters. The van der Waals surface area contributed by atoms with E-state index < -0.39 is 18.0 Å². The predicted molar refractivity (Wildman–Crippen MR) is 65.0 cm³/mol. The van der Waals surface area contributed by atoms with Gasteiger partial charge in [0.05, 0.1) is 12.5 Å². The molecule has 0 unspecified atom stereocenters. The second kappa shape index (κ2) is 6.68. The first kappa shape index (κ1) is 14.1. The molecule has 2 amide bonds. The highest BCUT2D eigenvalue weighted by molar-refractivity contribution is 5.82. The molecule has 0 saturated carbocycles. The zero-order valence-corrected chi connectivity index (χ0v) is 10.5. The topological polar surface area (TPSA) is 91.6 Å². The summed E-state index contributed by atoms with van der Waals surface area (Å²) < 4.78 is 4.85. The van der Waals surface area contributed by atoms with Crippen LogP contribution in [-0.2, 0) is 11.3 Å². The Morgan fingerprint density at radius 3 is 2.67 bits per heavy atom. The van der Waals surface area contributed by atoms with Crippen molar-refractivity contribution in [3.8, 4) is 0 Å². The van der Waals surface area contributed by atoms with E-state index in [0.29, 0.717) is 13.0 Å². The minimum atomic E-state index is -1.03. The summed E-state index contributed by atoms with van der Waals surface area (Å²) in [5.41, 5.74) is 0.820. The first-order valence-electron chi connectivity index (χ1n) is 5.77. The van der Waals surface area contributed by atoms with Crippen molar-refractivity contribution in [3.63, 3.8) is 0 Å². The minimum Gasteiger partial charge on any atom is -0.480 e. The number of carboxylic acid groups (broad SMARTS) is 1. The number of carbonyl (C=O) groups excluding carboxylic acids is 1. The number of furan rings is 1. The molecule has 0 bridgehead atoms. The Bertz CT molecular complexity index is 387. The van der Waals surface area contributed by atoms with Gasteiger partial charge < -0.3 is 20.2 Å². The average Bonchev–Trinajstić information content (AvgIpc) is 2.77. The van der Waals surface area contributed by atoms with E-state index in [4.69, 9.17) is 9.52 Å². The Kier molecular flexibility index (Phi) is 5.23. The van der Waals surface area contributed by atoms with E-state index in [-0.39, 0.29) is 5.92 Å². The Labute approximate surface area is 105 Å². The van der Waals surface area contributed by atoms with Gasteiger partial charge in [0.15, 0.2) is 0 Å². The van der Waals surface area contributed by atoms with Gasteiger partial charge in [-0.1, -0.05) is 13.8 Å². The van der Waals surface area contributed by atoms with Gasteiger partial charge in [-0.3, -0.25) is 0 Å². The Hall–Kier alpha value is -1.98. The van der Waals surface area contributed by atoms with E-state index in [1.807, 2.05) is 13.8 Å². The van der Waals surface area contributed by atoms with Gasteiger partial charge in [0.25, 0.3) is 0 Å². The minimum absolute atomic E-state index is 0.195. The molecular weight excluding hydrogens is 236 g/mol. The molecule has 0 radical (unpaired) electrons. The van der Waals surface area contributed by atoms with Crippen LogP contribution >= 0.6 is 0 Å². The highest BCUT2D eigenvalue weighted by Crippen LogP contribution is 2.05. The van der Waals surface area contributed by atoms with Crippen LogP contribution in [0.4, 0.5) is 4.79 Å². The van der Waals surface area contributed by atoms with Crippen LogP contribution in [0, 0.1) is 5.92 Å². The summed E-state index contributed by atoms with van der Waals surface area (Å²) in [4.78, 5) is 22.5. The van der Waals surface area contributed by atoms with Crippen molar-refractivity contribution in [1.29, 1.82) is 0 Å². The summed E-state index contributed by atoms with van der Waals surface area (Å²) in [6, 6.07) is 0.363. The molecule has 6 nitrogen and oxygen atoms in total. The molecule has 1 rings (SSSR count). The van der Waals surface area contributed by atoms with Gasteiger partial charge in [-0.15, -0.1) is 0 Å². The zero-order chi connectivity index (χ0) is 13.5. The van der Waals surface area contributed by atoms with E-state index in [0.717, 1.165) is 5.56 Å². The molecule has 1 aromatic heterocycles. The second-order valence-corrected chi connectivity index (χ2v) is 4.48. The fourth-order valence-corrected chi connectivity index (χ4v) is 1.48. The van der Waals surface area contributed by atoms with Crippen molar-refractivity contribution < 1.29 is 19.1 Å². The Morgan fingerprint density at radius 2 is 2.17 bits per heavy atom. The lowest BCUT2D eigenvalue weighted by Gasteiger charge is -2.16. The second-order valence-electron chi connectivity index (χ2n) is 4.48. The van der Waals surface area contributed by atoms with Gasteiger partial charge >= 0.3 is 12.0 Å². The average molecular weight is 254 g/mol. The van der Waals surface area contributed by atoms with Crippen molar-refractivity contribution in [3.05, 3.63) is 24.2 Å². The van der Waals surface area contributed by atoms with Crippen molar-refractivity contribution in [2.75, 3.05) is 0 Å². The van der Waals surface area contributed by atoms with Crippen LogP contribution in [0.15, 0.2) is 23.0 Å². The van der Waals surface area contributed by atoms with Gasteiger partial charge in [-0.2, -0.15) is 0 Å². The lowest BCUT2D eigenvalue weighted by Crippen LogP contribution is -2.46. The van der Waals surface area contributed by atoms with Crippen LogP contribution in [0.2, 0.25) is 0 Å². The summed E-state index contributed by atoms with van der Waals surface area (Å²) in [5, 5.41) is 14.0. The van der Waals surface area contributed by atoms with Crippen LogP contribution in [0.1, 0.15) is 25.8 Å². The number of hydrogen-bond acceptors (Lipinski definition) is 3. The van der Waals surface area contributed by atoms with Gasteiger partial charge in [0.2, 0.25) is 0 Å². The molecule has 1 aromatic rings. The van der Waals surface area contributed by atoms with Crippen LogP contribution in [0.5, 0.6) is 0 Å². The number of urea groups is 1. The van der Waals surface area contributed by atoms with E-state index in [1.165, 1.54) is 12.5 Å². The van der Waals surface area contributed by atoms with Crippen LogP contribution < -0.4 is 10.6 Å². The number of carbonyl (C=O) groups is 2. The van der Waals surface area contributed by atoms with Crippen LogP contribution in [0.25, 0.3) is 0 Å². The van der Waals surface area contributed by atoms with E-state index >= 15 is 0 Å². The zero-order valence-electron chi connectivity index (χ0n) is 10.5. The highest BCUT2D eigenvalue weighted by Gasteiger charge is 2.20. The van der Waals surface area contributed by atoms with Gasteiger partial charge in [0, 0.05) is 12.1 Å². The molecule has 100 valence electrons. The van der Waals surface area contributed by atoms with E-state index in [1.54, 1.807) is 6.07 Å². The van der Waals surface area contributed by atoms with Crippen LogP contribution in [0.3, 0.4) is 0 Å². The number of aliphatic carboxylic acids is 1. The summed E-state index contributed by atoms with van der Waals surface area (Å²) in [6.45, 7) is 4.11. The molecule has 6 heteroatoms. The highest BCUT2D eigenvalue weighted by atomic mass is 16.4. The molecule has 0 aliphatic carbocycles. The smallest absolute Gasteiger partial charge is 0.326 e. The predicted octanol–water partition coefficient (Wildman–Crippen LogP) is 1.58. The maximum Gasteiger partial charge on any atom is 0.326 e. The van der Waals surface area contributed by atoms with Gasteiger partial charge in [0.1, 0.15) is 6.04 Å². The fourth-order valence-electron chi connectivity index (χ4n) is 1.48. The Balaban J connectivity index is 2.39. The summed E-state index contributed by atoms with van der Waals surface area (Å²) in [5.74, 6) is -0.831. The molecule has 0 saturated heterocycles. The lowest BCUT2D eigenvalue weighted by atomic mass is 10.0. The third-order valence-electron chi connectivity index (χ3n) is 2.34. The van der Waals surface area contributed by atoms with E-state index in [2.05, 4.69) is 10.6 Å². The summed E-state index contributed by atoms with van der Waals surface area (Å²) >= 11 is 0. The number of amides is 2. The SMILES string of the molecule is CC(C)C[C@H](NC(=O)NCc1ccoc1)C(=O)O. The maximum atomic E-state index is 11.5. The number of hydrogen-bond donors (Lipinski definition) is 3. The monoisotopic (exact) mass is 254 g/mol. The van der Waals surface area contributed by atoms with E-state index in [9.17, 15) is 9.59 Å². The first-order valence-corrected chi connectivity index (χ1v) is 5.77. The van der Waals surface area contributed by atoms with Crippen molar-refractivity contribution >= 4 is 12.0 Å². The van der Waals surface area contributed by atoms with Gasteiger partial charge in [-0.25, -0.2) is 9.59 Å². The van der Waals surface area contributed by atoms with Gasteiger partial charge in [-0.05, 0) is 18.4 Å². The van der Waals surface area contributed by atoms with Crippen molar-refractivity contribution in [2.45, 2.75) is 32.9 Å². The molecule has 3 N–H and O–H groups in total. The third kappa shape index (κ3) is 4.90. The molecule has 0 spiro atoms. The quantitative estimate of drug-likeness (QED) is 0.718. The third-order valence-corrected chi connectivity index (χ3v) is 2.34. The van der Waals surface area contributed by atoms with Crippen LogP contribution in [-0.4, -0.2) is 23.1 Å². The molecular formula is C12H18N2O4. The lowest BCUT2D eigenvalue weighted by molar-refractivity contribution is -0.139. The number of carboxylic acids is 1. The fraction of sp³-hybridized carbons (Fsp3) is 0.500. The first-order chi connectivity index (χ1) is 8.49. The molecule has 0 aromatic carbocycles. The van der Waals surface area contributed by atoms with Crippen molar-refractivity contribution in [2.24, 2.45) is 5.92 Å². The Morgan fingerprint density at radius 1 is 1.44 bits per heavy atom. The maximum absolute atomic E-state index is 11.5. The number of rotatable bonds is 6. The molecule has 0 aliphatic rings. The summed E-state index contributed by atoms with van der Waals surface area (Å²) in [7, 11) is 0. The summed E-state index contributed by atoms with van der Waals surface area (Å²) in [6.07, 6.45) is 3.42.